The van der Waals surface area contributed by atoms with Crippen LogP contribution in [0.4, 0.5) is 0 Å². The van der Waals surface area contributed by atoms with E-state index in [1.54, 1.807) is 22.9 Å². The van der Waals surface area contributed by atoms with Crippen LogP contribution in [0, 0.1) is 28.4 Å². The SMILES string of the molecule is CC#CSCCSc1ccc2c(c1)CCC1C2CCC2(C)C(=O)CCC12. The first-order valence-electron chi connectivity index (χ1n) is 9.96. The summed E-state index contributed by atoms with van der Waals surface area (Å²) in [6.07, 6.45) is 6.74. The molecule has 3 heteroatoms. The van der Waals surface area contributed by atoms with Crippen LogP contribution in [-0.4, -0.2) is 17.3 Å². The monoisotopic (exact) mass is 384 g/mol. The Hall–Kier alpha value is -0.850. The van der Waals surface area contributed by atoms with Crippen molar-refractivity contribution in [1.82, 2.24) is 0 Å². The summed E-state index contributed by atoms with van der Waals surface area (Å²) < 4.78 is 0. The first-order chi connectivity index (χ1) is 12.6. The zero-order chi connectivity index (χ0) is 18.1. The molecule has 138 valence electrons. The van der Waals surface area contributed by atoms with E-state index in [2.05, 4.69) is 36.3 Å². The van der Waals surface area contributed by atoms with E-state index in [4.69, 9.17) is 0 Å². The van der Waals surface area contributed by atoms with Crippen molar-refractivity contribution in [3.63, 3.8) is 0 Å². The zero-order valence-corrected chi connectivity index (χ0v) is 17.5. The van der Waals surface area contributed by atoms with Crippen LogP contribution in [0.25, 0.3) is 0 Å². The summed E-state index contributed by atoms with van der Waals surface area (Å²) in [6, 6.07) is 7.18. The lowest BCUT2D eigenvalue weighted by molar-refractivity contribution is -0.129. The Kier molecular flexibility index (Phi) is 5.44. The molecule has 2 fully saturated rings. The van der Waals surface area contributed by atoms with Crippen molar-refractivity contribution in [3.8, 4) is 11.2 Å². The summed E-state index contributed by atoms with van der Waals surface area (Å²) >= 11 is 3.67. The second-order valence-electron chi connectivity index (χ2n) is 8.24. The lowest BCUT2D eigenvalue weighted by atomic mass is 9.55. The number of hydrogen-bond acceptors (Lipinski definition) is 3. The van der Waals surface area contributed by atoms with Crippen molar-refractivity contribution in [1.29, 1.82) is 0 Å². The predicted molar refractivity (Wildman–Crippen MR) is 113 cm³/mol. The third kappa shape index (κ3) is 3.25. The first kappa shape index (κ1) is 18.5. The second-order valence-corrected chi connectivity index (χ2v) is 10.3. The number of aryl methyl sites for hydroxylation is 1. The summed E-state index contributed by atoms with van der Waals surface area (Å²) in [7, 11) is 0. The number of Topliss-reactive ketones (excluding diaryl/α,β-unsaturated/α-hetero) is 1. The molecular weight excluding hydrogens is 356 g/mol. The van der Waals surface area contributed by atoms with Gasteiger partial charge in [-0.15, -0.1) is 11.8 Å². The van der Waals surface area contributed by atoms with Crippen molar-refractivity contribution < 1.29 is 4.79 Å². The van der Waals surface area contributed by atoms with E-state index in [-0.39, 0.29) is 5.41 Å². The molecular formula is C23H28OS2. The fourth-order valence-corrected chi connectivity index (χ4v) is 7.28. The molecule has 0 aromatic heterocycles. The molecule has 0 aliphatic heterocycles. The number of ketones is 1. The minimum Gasteiger partial charge on any atom is -0.299 e. The summed E-state index contributed by atoms with van der Waals surface area (Å²) in [4.78, 5) is 13.9. The Balaban J connectivity index is 1.47. The molecule has 0 bridgehead atoms. The smallest absolute Gasteiger partial charge is 0.139 e. The molecule has 4 rings (SSSR count). The average Bonchev–Trinajstić information content (AvgIpc) is 2.96. The van der Waals surface area contributed by atoms with Gasteiger partial charge in [0.15, 0.2) is 0 Å². The summed E-state index contributed by atoms with van der Waals surface area (Å²) in [5.74, 6) is 7.74. The number of rotatable bonds is 4. The fraction of sp³-hybridized carbons (Fsp3) is 0.609. The van der Waals surface area contributed by atoms with Crippen LogP contribution in [0.1, 0.15) is 63.0 Å². The molecule has 2 saturated carbocycles. The second kappa shape index (κ2) is 7.64. The number of carbonyl (C=O) groups excluding carboxylic acids is 1. The van der Waals surface area contributed by atoms with Gasteiger partial charge in [0.25, 0.3) is 0 Å². The molecule has 3 aliphatic rings. The van der Waals surface area contributed by atoms with Crippen LogP contribution in [0.2, 0.25) is 0 Å². The van der Waals surface area contributed by atoms with E-state index in [9.17, 15) is 4.79 Å². The molecule has 1 nitrogen and oxygen atoms in total. The summed E-state index contributed by atoms with van der Waals surface area (Å²) in [5.41, 5.74) is 3.16. The van der Waals surface area contributed by atoms with Crippen LogP contribution >= 0.6 is 23.5 Å². The third-order valence-electron chi connectivity index (χ3n) is 7.04. The minimum absolute atomic E-state index is 0.00644. The van der Waals surface area contributed by atoms with Gasteiger partial charge in [-0.05, 0) is 85.3 Å². The largest absolute Gasteiger partial charge is 0.299 e. The Labute approximate surface area is 166 Å². The van der Waals surface area contributed by atoms with Gasteiger partial charge in [0, 0.05) is 28.2 Å². The van der Waals surface area contributed by atoms with Crippen LogP contribution in [0.3, 0.4) is 0 Å². The van der Waals surface area contributed by atoms with Crippen LogP contribution in [-0.2, 0) is 11.2 Å². The van der Waals surface area contributed by atoms with Crippen molar-refractivity contribution in [2.45, 2.75) is 63.2 Å². The Morgan fingerprint density at radius 1 is 1.19 bits per heavy atom. The number of thioether (sulfide) groups is 2. The highest BCUT2D eigenvalue weighted by Gasteiger charge is 2.54. The van der Waals surface area contributed by atoms with Gasteiger partial charge >= 0.3 is 0 Å². The number of carbonyl (C=O) groups is 1. The fourth-order valence-electron chi connectivity index (χ4n) is 5.74. The lowest BCUT2D eigenvalue weighted by Crippen LogP contribution is -2.42. The molecule has 4 atom stereocenters. The van der Waals surface area contributed by atoms with Crippen molar-refractivity contribution in [3.05, 3.63) is 29.3 Å². The summed E-state index contributed by atoms with van der Waals surface area (Å²) in [5, 5.41) is 3.07. The Morgan fingerprint density at radius 2 is 2.08 bits per heavy atom. The van der Waals surface area contributed by atoms with Gasteiger partial charge < -0.3 is 0 Å². The van der Waals surface area contributed by atoms with Crippen molar-refractivity contribution >= 4 is 29.3 Å². The molecule has 0 spiro atoms. The van der Waals surface area contributed by atoms with Gasteiger partial charge in [0.05, 0.1) is 0 Å². The van der Waals surface area contributed by atoms with Crippen LogP contribution in [0.5, 0.6) is 0 Å². The molecule has 0 saturated heterocycles. The van der Waals surface area contributed by atoms with Crippen LogP contribution in [0.15, 0.2) is 23.1 Å². The van der Waals surface area contributed by atoms with Gasteiger partial charge in [-0.2, -0.15) is 0 Å². The number of hydrogen-bond donors (Lipinski definition) is 0. The molecule has 0 N–H and O–H groups in total. The molecule has 3 aliphatic carbocycles. The molecule has 0 amide bonds. The van der Waals surface area contributed by atoms with Crippen LogP contribution < -0.4 is 0 Å². The maximum atomic E-state index is 12.4. The highest BCUT2D eigenvalue weighted by atomic mass is 32.2. The predicted octanol–water partition coefficient (Wildman–Crippen LogP) is 5.92. The molecule has 4 unspecified atom stereocenters. The minimum atomic E-state index is -0.00644. The molecule has 26 heavy (non-hydrogen) atoms. The van der Waals surface area contributed by atoms with E-state index >= 15 is 0 Å². The highest BCUT2D eigenvalue weighted by molar-refractivity contribution is 8.05. The highest BCUT2D eigenvalue weighted by Crippen LogP contribution is 2.59. The van der Waals surface area contributed by atoms with Gasteiger partial charge in [-0.1, -0.05) is 30.7 Å². The van der Waals surface area contributed by atoms with Crippen molar-refractivity contribution in [2.24, 2.45) is 17.3 Å². The zero-order valence-electron chi connectivity index (χ0n) is 15.8. The molecule has 0 radical (unpaired) electrons. The van der Waals surface area contributed by atoms with Gasteiger partial charge in [-0.25, -0.2) is 0 Å². The Bertz CT molecular complexity index is 759. The van der Waals surface area contributed by atoms with Gasteiger partial charge in [-0.3, -0.25) is 4.79 Å². The normalized spacial score (nSPS) is 32.2. The first-order valence-corrected chi connectivity index (χ1v) is 11.9. The molecule has 0 heterocycles. The number of benzene rings is 1. The van der Waals surface area contributed by atoms with E-state index in [0.29, 0.717) is 17.6 Å². The number of fused-ring (bicyclic) bond motifs is 5. The maximum Gasteiger partial charge on any atom is 0.139 e. The van der Waals surface area contributed by atoms with Gasteiger partial charge in [0.2, 0.25) is 0 Å². The molecule has 1 aromatic carbocycles. The topological polar surface area (TPSA) is 17.1 Å². The Morgan fingerprint density at radius 3 is 2.92 bits per heavy atom. The van der Waals surface area contributed by atoms with E-state index in [1.807, 2.05) is 18.7 Å². The van der Waals surface area contributed by atoms with Gasteiger partial charge in [0.1, 0.15) is 5.78 Å². The maximum absolute atomic E-state index is 12.4. The summed E-state index contributed by atoms with van der Waals surface area (Å²) in [6.45, 7) is 4.16. The van der Waals surface area contributed by atoms with Crippen molar-refractivity contribution in [2.75, 3.05) is 11.5 Å². The average molecular weight is 385 g/mol. The lowest BCUT2D eigenvalue weighted by Gasteiger charge is -2.48. The van der Waals surface area contributed by atoms with E-state index in [1.165, 1.54) is 24.2 Å². The quantitative estimate of drug-likeness (QED) is 0.364. The van der Waals surface area contributed by atoms with E-state index in [0.717, 1.165) is 36.7 Å². The standard InChI is InChI=1S/C23H28OS2/c1-3-12-25-13-14-26-17-5-7-18-16(15-17)4-6-20-19(18)10-11-23(2)21(20)8-9-22(23)24/h5,7,15,19-21H,4,6,8-11,13-14H2,1-2H3. The molecule has 1 aromatic rings. The van der Waals surface area contributed by atoms with E-state index < -0.39 is 0 Å². The third-order valence-corrected chi connectivity index (χ3v) is 9.05.